The average molecular weight is 986 g/mol. The second-order valence-corrected chi connectivity index (χ2v) is 21.3. The van der Waals surface area contributed by atoms with Crippen molar-refractivity contribution in [3.05, 3.63) is 24.3 Å². The van der Waals surface area contributed by atoms with E-state index in [0.717, 1.165) is 70.6 Å². The van der Waals surface area contributed by atoms with Crippen molar-refractivity contribution >= 4 is 17.9 Å². The van der Waals surface area contributed by atoms with Crippen molar-refractivity contribution in [2.45, 2.75) is 354 Å². The third kappa shape index (κ3) is 56.8. The molecule has 0 fully saturated rings. The Morgan fingerprint density at radius 1 is 0.271 bits per heavy atom. The maximum absolute atomic E-state index is 12.9. The second-order valence-electron chi connectivity index (χ2n) is 21.3. The van der Waals surface area contributed by atoms with Gasteiger partial charge in [0.25, 0.3) is 0 Å². The van der Waals surface area contributed by atoms with E-state index in [1.165, 1.54) is 238 Å². The molecule has 412 valence electrons. The van der Waals surface area contributed by atoms with Gasteiger partial charge in [-0.15, -0.1) is 0 Å². The number of esters is 3. The van der Waals surface area contributed by atoms with Crippen molar-refractivity contribution in [3.8, 4) is 0 Å². The van der Waals surface area contributed by atoms with E-state index in [4.69, 9.17) is 14.2 Å². The Morgan fingerprint density at radius 2 is 0.500 bits per heavy atom. The van der Waals surface area contributed by atoms with Gasteiger partial charge in [-0.3, -0.25) is 14.4 Å². The quantitative estimate of drug-likeness (QED) is 0.0261. The van der Waals surface area contributed by atoms with Crippen LogP contribution in [0, 0.1) is 0 Å². The van der Waals surface area contributed by atoms with Crippen LogP contribution in [0.3, 0.4) is 0 Å². The second kappa shape index (κ2) is 59.5. The van der Waals surface area contributed by atoms with E-state index in [0.29, 0.717) is 19.3 Å². The van der Waals surface area contributed by atoms with Crippen LogP contribution in [-0.4, -0.2) is 37.2 Å². The minimum Gasteiger partial charge on any atom is -0.462 e. The van der Waals surface area contributed by atoms with Gasteiger partial charge in [-0.1, -0.05) is 289 Å². The largest absolute Gasteiger partial charge is 0.462 e. The summed E-state index contributed by atoms with van der Waals surface area (Å²) in [6.07, 6.45) is 70.5. The van der Waals surface area contributed by atoms with Crippen molar-refractivity contribution in [1.82, 2.24) is 0 Å². The minimum absolute atomic E-state index is 0.0696. The summed E-state index contributed by atoms with van der Waals surface area (Å²) < 4.78 is 16.9. The van der Waals surface area contributed by atoms with Gasteiger partial charge in [-0.05, 0) is 64.2 Å². The van der Waals surface area contributed by atoms with Crippen LogP contribution < -0.4 is 0 Å². The summed E-state index contributed by atoms with van der Waals surface area (Å²) in [6, 6.07) is 0. The Morgan fingerprint density at radius 3 is 0.771 bits per heavy atom. The predicted octanol–water partition coefficient (Wildman–Crippen LogP) is 21.1. The molecule has 0 N–H and O–H groups in total. The van der Waals surface area contributed by atoms with E-state index in [1.54, 1.807) is 0 Å². The first-order chi connectivity index (χ1) is 34.5. The number of unbranched alkanes of at least 4 members (excludes halogenated alkanes) is 43. The van der Waals surface area contributed by atoms with Crippen LogP contribution in [0.4, 0.5) is 0 Å². The third-order valence-electron chi connectivity index (χ3n) is 14.2. The minimum atomic E-state index is -0.771. The lowest BCUT2D eigenvalue weighted by molar-refractivity contribution is -0.167. The van der Waals surface area contributed by atoms with Crippen molar-refractivity contribution in [3.63, 3.8) is 0 Å². The number of ether oxygens (including phenoxy) is 3. The Balaban J connectivity index is 4.20. The smallest absolute Gasteiger partial charge is 0.306 e. The van der Waals surface area contributed by atoms with Gasteiger partial charge in [0, 0.05) is 19.3 Å². The first-order valence-electron chi connectivity index (χ1n) is 31.3. The number of allylic oxidation sites excluding steroid dienone is 4. The molecule has 0 heterocycles. The molecule has 0 saturated heterocycles. The van der Waals surface area contributed by atoms with Crippen molar-refractivity contribution in [2.75, 3.05) is 13.2 Å². The molecule has 1 unspecified atom stereocenters. The van der Waals surface area contributed by atoms with Crippen LogP contribution in [0.1, 0.15) is 348 Å². The maximum Gasteiger partial charge on any atom is 0.306 e. The molecule has 1 atom stereocenters. The molecule has 0 aromatic heterocycles. The molecule has 6 heteroatoms. The zero-order chi connectivity index (χ0) is 50.7. The molecular weight excluding hydrogens is 865 g/mol. The van der Waals surface area contributed by atoms with Gasteiger partial charge in [-0.25, -0.2) is 0 Å². The Hall–Kier alpha value is -2.11. The summed E-state index contributed by atoms with van der Waals surface area (Å²) in [5, 5.41) is 0. The van der Waals surface area contributed by atoms with Crippen molar-refractivity contribution in [1.29, 1.82) is 0 Å². The Bertz CT molecular complexity index is 1130. The van der Waals surface area contributed by atoms with Crippen LogP contribution in [0.15, 0.2) is 24.3 Å². The summed E-state index contributed by atoms with van der Waals surface area (Å²) in [7, 11) is 0. The first kappa shape index (κ1) is 67.9. The van der Waals surface area contributed by atoms with Crippen LogP contribution in [0.5, 0.6) is 0 Å². The highest BCUT2D eigenvalue weighted by molar-refractivity contribution is 5.71. The van der Waals surface area contributed by atoms with Gasteiger partial charge in [0.2, 0.25) is 0 Å². The zero-order valence-corrected chi connectivity index (χ0v) is 47.3. The lowest BCUT2D eigenvalue weighted by atomic mass is 10.0. The Kier molecular flexibility index (Phi) is 57.7. The number of carbonyl (C=O) groups excluding carboxylic acids is 3. The highest BCUT2D eigenvalue weighted by Crippen LogP contribution is 2.18. The fraction of sp³-hybridized carbons (Fsp3) is 0.891. The maximum atomic E-state index is 12.9. The van der Waals surface area contributed by atoms with Crippen LogP contribution in [-0.2, 0) is 28.6 Å². The summed E-state index contributed by atoms with van der Waals surface area (Å²) >= 11 is 0. The van der Waals surface area contributed by atoms with E-state index < -0.39 is 6.10 Å². The molecule has 0 aromatic rings. The molecule has 0 amide bonds. The molecule has 0 radical (unpaired) electrons. The van der Waals surface area contributed by atoms with Gasteiger partial charge in [0.15, 0.2) is 6.10 Å². The third-order valence-corrected chi connectivity index (χ3v) is 14.2. The number of carbonyl (C=O) groups is 3. The molecule has 0 rings (SSSR count). The topological polar surface area (TPSA) is 78.9 Å². The van der Waals surface area contributed by atoms with Gasteiger partial charge in [0.05, 0.1) is 0 Å². The van der Waals surface area contributed by atoms with Gasteiger partial charge in [0.1, 0.15) is 13.2 Å². The van der Waals surface area contributed by atoms with E-state index in [9.17, 15) is 14.4 Å². The van der Waals surface area contributed by atoms with Crippen LogP contribution in [0.25, 0.3) is 0 Å². The van der Waals surface area contributed by atoms with Crippen LogP contribution in [0.2, 0.25) is 0 Å². The molecular formula is C64H120O6. The fourth-order valence-electron chi connectivity index (χ4n) is 9.44. The fourth-order valence-corrected chi connectivity index (χ4v) is 9.44. The lowest BCUT2D eigenvalue weighted by Gasteiger charge is -2.18. The summed E-state index contributed by atoms with van der Waals surface area (Å²) in [5.74, 6) is -0.858. The summed E-state index contributed by atoms with van der Waals surface area (Å²) in [4.78, 5) is 38.2. The van der Waals surface area contributed by atoms with Crippen molar-refractivity contribution < 1.29 is 28.6 Å². The molecule has 6 nitrogen and oxygen atoms in total. The molecule has 0 aliphatic heterocycles. The van der Waals surface area contributed by atoms with E-state index in [1.807, 2.05) is 0 Å². The first-order valence-corrected chi connectivity index (χ1v) is 31.3. The number of rotatable bonds is 58. The van der Waals surface area contributed by atoms with Gasteiger partial charge < -0.3 is 14.2 Å². The van der Waals surface area contributed by atoms with Gasteiger partial charge >= 0.3 is 17.9 Å². The molecule has 70 heavy (non-hydrogen) atoms. The normalized spacial score (nSPS) is 12.1. The summed E-state index contributed by atoms with van der Waals surface area (Å²) in [6.45, 7) is 6.63. The molecule has 0 aliphatic rings. The number of hydrogen-bond acceptors (Lipinski definition) is 6. The zero-order valence-electron chi connectivity index (χ0n) is 47.3. The van der Waals surface area contributed by atoms with E-state index >= 15 is 0 Å². The summed E-state index contributed by atoms with van der Waals surface area (Å²) in [5.41, 5.74) is 0. The molecule has 0 saturated carbocycles. The molecule has 0 aliphatic carbocycles. The SMILES string of the molecule is CCC/C=C\CCCCCCCC(=O)OCC(COC(=O)CCCCCCCCCCCCC/C=C\CCCCCCCCCC)OC(=O)CCCCCCCCCCCCCCCCCCCCC. The molecule has 0 spiro atoms. The van der Waals surface area contributed by atoms with Crippen LogP contribution >= 0.6 is 0 Å². The van der Waals surface area contributed by atoms with Gasteiger partial charge in [-0.2, -0.15) is 0 Å². The monoisotopic (exact) mass is 985 g/mol. The standard InChI is InChI=1S/C64H120O6/c1-4-7-10-13-16-19-22-24-26-28-30-31-32-33-35-36-38-40-42-45-48-51-54-57-63(66)69-60-61(59-68-62(65)56-53-50-47-44-21-18-15-12-9-6-3)70-64(67)58-55-52-49-46-43-41-39-37-34-29-27-25-23-20-17-14-11-8-5-2/h12,15,28,30,61H,4-11,13-14,16-27,29,31-60H2,1-3H3/b15-12-,30-28-. The molecule has 0 bridgehead atoms. The molecule has 0 aromatic carbocycles. The average Bonchev–Trinajstić information content (AvgIpc) is 3.36. The number of hydrogen-bond donors (Lipinski definition) is 0. The van der Waals surface area contributed by atoms with E-state index in [2.05, 4.69) is 45.1 Å². The van der Waals surface area contributed by atoms with E-state index in [-0.39, 0.29) is 31.1 Å². The predicted molar refractivity (Wildman–Crippen MR) is 303 cm³/mol. The Labute approximate surface area is 436 Å². The highest BCUT2D eigenvalue weighted by atomic mass is 16.6. The highest BCUT2D eigenvalue weighted by Gasteiger charge is 2.19. The van der Waals surface area contributed by atoms with Crippen molar-refractivity contribution in [2.24, 2.45) is 0 Å². The lowest BCUT2D eigenvalue weighted by Crippen LogP contribution is -2.30.